The molecule has 1 heterocycles. The van der Waals surface area contributed by atoms with Crippen molar-refractivity contribution in [2.45, 2.75) is 76.9 Å². The van der Waals surface area contributed by atoms with Crippen LogP contribution in [0.4, 0.5) is 0 Å². The molecule has 4 fully saturated rings. The molecule has 1 aliphatic heterocycles. The summed E-state index contributed by atoms with van der Waals surface area (Å²) in [6.07, 6.45) is 9.69. The van der Waals surface area contributed by atoms with Gasteiger partial charge >= 0.3 is 0 Å². The predicted octanol–water partition coefficient (Wildman–Crippen LogP) is 4.50. The molecule has 4 aliphatic carbocycles. The molecule has 0 aromatic carbocycles. The topological polar surface area (TPSA) is 56.5 Å². The first-order valence-electron chi connectivity index (χ1n) is 9.45. The third-order valence-corrected chi connectivity index (χ3v) is 8.78. The van der Waals surface area contributed by atoms with E-state index in [4.69, 9.17) is 4.74 Å². The van der Waals surface area contributed by atoms with Gasteiger partial charge < -0.3 is 9.84 Å². The molecule has 3 unspecified atom stereocenters. The number of nitriles is 1. The SMILES string of the molecule is C[C@@]12CCCC1C1CC[C@@]34O[C@@H]3C(O)=C(C#N)C[C@]4(C)C1CC2. The van der Waals surface area contributed by atoms with Crippen LogP contribution in [0.25, 0.3) is 0 Å². The number of nitrogens with zero attached hydrogens (tertiary/aromatic N) is 1. The highest BCUT2D eigenvalue weighted by atomic mass is 16.6. The average Bonchev–Trinajstić information content (AvgIpc) is 3.15. The van der Waals surface area contributed by atoms with Gasteiger partial charge in [0.1, 0.15) is 17.5 Å². The number of aliphatic hydroxyl groups excluding tert-OH is 1. The molecule has 0 aromatic rings. The summed E-state index contributed by atoms with van der Waals surface area (Å²) in [4.78, 5) is 0. The van der Waals surface area contributed by atoms with Gasteiger partial charge in [-0.1, -0.05) is 20.3 Å². The van der Waals surface area contributed by atoms with Gasteiger partial charge in [0.05, 0.1) is 11.6 Å². The van der Waals surface area contributed by atoms with Crippen LogP contribution in [-0.4, -0.2) is 16.8 Å². The summed E-state index contributed by atoms with van der Waals surface area (Å²) in [5, 5.41) is 19.8. The second-order valence-corrected chi connectivity index (χ2v) is 9.46. The number of fused-ring (bicyclic) bond motifs is 4. The van der Waals surface area contributed by atoms with Crippen LogP contribution in [0.5, 0.6) is 0 Å². The molecular formula is C20H27NO2. The minimum Gasteiger partial charge on any atom is -0.508 e. The summed E-state index contributed by atoms with van der Waals surface area (Å²) in [6.45, 7) is 4.89. The fourth-order valence-corrected chi connectivity index (χ4v) is 7.53. The predicted molar refractivity (Wildman–Crippen MR) is 86.5 cm³/mol. The van der Waals surface area contributed by atoms with Crippen LogP contribution < -0.4 is 0 Å². The van der Waals surface area contributed by atoms with Gasteiger partial charge in [0, 0.05) is 5.41 Å². The van der Waals surface area contributed by atoms with Gasteiger partial charge in [-0.25, -0.2) is 0 Å². The Morgan fingerprint density at radius 1 is 1.13 bits per heavy atom. The van der Waals surface area contributed by atoms with E-state index in [2.05, 4.69) is 19.9 Å². The Morgan fingerprint density at radius 3 is 2.74 bits per heavy atom. The Labute approximate surface area is 138 Å². The van der Waals surface area contributed by atoms with Crippen molar-refractivity contribution >= 4 is 0 Å². The van der Waals surface area contributed by atoms with Crippen molar-refractivity contribution in [2.24, 2.45) is 28.6 Å². The van der Waals surface area contributed by atoms with E-state index < -0.39 is 0 Å². The molecule has 7 atom stereocenters. The molecule has 5 rings (SSSR count). The molecule has 5 aliphatic rings. The first kappa shape index (κ1) is 14.3. The highest BCUT2D eigenvalue weighted by Gasteiger charge is 2.76. The Hall–Kier alpha value is -1.01. The number of rotatable bonds is 0. The van der Waals surface area contributed by atoms with Crippen LogP contribution >= 0.6 is 0 Å². The summed E-state index contributed by atoms with van der Waals surface area (Å²) in [7, 11) is 0. The maximum atomic E-state index is 10.3. The Kier molecular flexibility index (Phi) is 2.58. The van der Waals surface area contributed by atoms with Gasteiger partial charge in [-0.2, -0.15) is 5.26 Å². The Balaban J connectivity index is 1.56. The fraction of sp³-hybridized carbons (Fsp3) is 0.850. The molecule has 23 heavy (non-hydrogen) atoms. The van der Waals surface area contributed by atoms with E-state index in [1.807, 2.05) is 0 Å². The summed E-state index contributed by atoms with van der Waals surface area (Å²) < 4.78 is 6.14. The van der Waals surface area contributed by atoms with Crippen molar-refractivity contribution in [3.8, 4) is 6.07 Å². The molecule has 124 valence electrons. The molecule has 1 N–H and O–H groups in total. The molecular weight excluding hydrogens is 286 g/mol. The van der Waals surface area contributed by atoms with E-state index in [1.54, 1.807) is 0 Å². The monoisotopic (exact) mass is 313 g/mol. The molecule has 1 saturated heterocycles. The number of allylic oxidation sites excluding steroid dienone is 1. The van der Waals surface area contributed by atoms with Crippen molar-refractivity contribution in [3.63, 3.8) is 0 Å². The molecule has 3 nitrogen and oxygen atoms in total. The highest BCUT2D eigenvalue weighted by Crippen LogP contribution is 2.73. The lowest BCUT2D eigenvalue weighted by Gasteiger charge is -2.58. The maximum absolute atomic E-state index is 10.3. The van der Waals surface area contributed by atoms with E-state index in [0.29, 0.717) is 16.9 Å². The Bertz CT molecular complexity index is 649. The third kappa shape index (κ3) is 1.50. The second-order valence-electron chi connectivity index (χ2n) is 9.46. The highest BCUT2D eigenvalue weighted by molar-refractivity contribution is 5.41. The van der Waals surface area contributed by atoms with E-state index in [1.165, 1.54) is 38.5 Å². The molecule has 0 bridgehead atoms. The minimum absolute atomic E-state index is 0.0434. The van der Waals surface area contributed by atoms with Gasteiger partial charge in [0.15, 0.2) is 0 Å². The molecule has 0 aromatic heterocycles. The number of ether oxygens (including phenoxy) is 1. The summed E-state index contributed by atoms with van der Waals surface area (Å²) in [6, 6.07) is 2.26. The number of hydrogen-bond donors (Lipinski definition) is 1. The first-order valence-corrected chi connectivity index (χ1v) is 9.45. The summed E-state index contributed by atoms with van der Waals surface area (Å²) in [5.74, 6) is 2.58. The second kappa shape index (κ2) is 4.14. The van der Waals surface area contributed by atoms with Gasteiger partial charge in [-0.05, 0) is 68.1 Å². The molecule has 0 radical (unpaired) electrons. The zero-order valence-corrected chi connectivity index (χ0v) is 14.3. The smallest absolute Gasteiger partial charge is 0.146 e. The first-order chi connectivity index (χ1) is 11.0. The van der Waals surface area contributed by atoms with Crippen LogP contribution in [0.15, 0.2) is 11.3 Å². The van der Waals surface area contributed by atoms with Crippen molar-refractivity contribution in [1.82, 2.24) is 0 Å². The van der Waals surface area contributed by atoms with Crippen molar-refractivity contribution in [1.29, 1.82) is 5.26 Å². The standard InChI is InChI=1S/C20H27NO2/c1-18-7-3-4-14(18)13-5-9-20-17(23-20)16(22)12(11-21)10-19(20,2)15(13)6-8-18/h13-15,17,22H,3-10H2,1-2H3/t13?,14?,15?,17-,18+,19-,20-/m1/s1. The lowest BCUT2D eigenvalue weighted by atomic mass is 9.45. The van der Waals surface area contributed by atoms with E-state index in [9.17, 15) is 10.4 Å². The van der Waals surface area contributed by atoms with E-state index in [0.717, 1.165) is 24.7 Å². The Morgan fingerprint density at radius 2 is 1.96 bits per heavy atom. The van der Waals surface area contributed by atoms with Crippen LogP contribution in [0, 0.1) is 39.9 Å². The van der Waals surface area contributed by atoms with Gasteiger partial charge in [-0.15, -0.1) is 0 Å². The lowest BCUT2D eigenvalue weighted by molar-refractivity contribution is -0.0982. The van der Waals surface area contributed by atoms with E-state index in [-0.39, 0.29) is 22.9 Å². The normalized spacial score (nSPS) is 56.9. The average molecular weight is 313 g/mol. The van der Waals surface area contributed by atoms with Crippen LogP contribution in [0.1, 0.15) is 65.2 Å². The molecule has 3 heteroatoms. The van der Waals surface area contributed by atoms with Crippen molar-refractivity contribution in [2.75, 3.05) is 0 Å². The molecule has 3 saturated carbocycles. The number of epoxide rings is 1. The molecule has 0 amide bonds. The quantitative estimate of drug-likeness (QED) is 0.670. The van der Waals surface area contributed by atoms with Crippen molar-refractivity contribution < 1.29 is 9.84 Å². The third-order valence-electron chi connectivity index (χ3n) is 8.78. The minimum atomic E-state index is -0.186. The summed E-state index contributed by atoms with van der Waals surface area (Å²) in [5.41, 5.74) is 1.04. The van der Waals surface area contributed by atoms with Crippen LogP contribution in [-0.2, 0) is 4.74 Å². The van der Waals surface area contributed by atoms with Crippen LogP contribution in [0.2, 0.25) is 0 Å². The van der Waals surface area contributed by atoms with Crippen LogP contribution in [0.3, 0.4) is 0 Å². The van der Waals surface area contributed by atoms with Crippen molar-refractivity contribution in [3.05, 3.63) is 11.3 Å². The van der Waals surface area contributed by atoms with Gasteiger partial charge in [0.2, 0.25) is 0 Å². The fourth-order valence-electron chi connectivity index (χ4n) is 7.53. The van der Waals surface area contributed by atoms with Gasteiger partial charge in [0.25, 0.3) is 0 Å². The zero-order valence-electron chi connectivity index (χ0n) is 14.3. The van der Waals surface area contributed by atoms with Gasteiger partial charge in [-0.3, -0.25) is 0 Å². The number of hydrogen-bond acceptors (Lipinski definition) is 3. The molecule has 1 spiro atoms. The van der Waals surface area contributed by atoms with E-state index >= 15 is 0 Å². The maximum Gasteiger partial charge on any atom is 0.146 e. The lowest BCUT2D eigenvalue weighted by Crippen LogP contribution is -2.56. The zero-order chi connectivity index (χ0) is 16.0. The summed E-state index contributed by atoms with van der Waals surface area (Å²) >= 11 is 0. The number of aliphatic hydroxyl groups is 1. The largest absolute Gasteiger partial charge is 0.508 e.